The van der Waals surface area contributed by atoms with Gasteiger partial charge in [-0.2, -0.15) is 12.8 Å². The Hall–Kier alpha value is -1.15. The van der Waals surface area contributed by atoms with E-state index in [0.717, 1.165) is 25.7 Å². The van der Waals surface area contributed by atoms with Crippen molar-refractivity contribution in [2.75, 3.05) is 5.32 Å². The van der Waals surface area contributed by atoms with E-state index in [0.29, 0.717) is 11.3 Å². The van der Waals surface area contributed by atoms with Crippen molar-refractivity contribution < 1.29 is 12.8 Å². The number of halogens is 1. The Morgan fingerprint density at radius 2 is 2.17 bits per heavy atom. The van der Waals surface area contributed by atoms with Gasteiger partial charge in [-0.25, -0.2) is 0 Å². The highest BCUT2D eigenvalue weighted by Gasteiger charge is 2.29. The molecule has 1 aromatic rings. The SMILES string of the molecule is O=S1(=O)N=C(NC2CCCC2)Nc2cc(F)sc21. The fourth-order valence-corrected chi connectivity index (χ4v) is 4.42. The lowest BCUT2D eigenvalue weighted by Crippen LogP contribution is -2.39. The lowest BCUT2D eigenvalue weighted by atomic mass is 10.2. The summed E-state index contributed by atoms with van der Waals surface area (Å²) in [5, 5.41) is 5.36. The van der Waals surface area contributed by atoms with E-state index in [9.17, 15) is 12.8 Å². The number of rotatable bonds is 1. The predicted molar refractivity (Wildman–Crippen MR) is 67.9 cm³/mol. The van der Waals surface area contributed by atoms with Gasteiger partial charge in [0, 0.05) is 12.1 Å². The van der Waals surface area contributed by atoms with Crippen molar-refractivity contribution in [1.82, 2.24) is 5.32 Å². The predicted octanol–water partition coefficient (Wildman–Crippen LogP) is 1.89. The van der Waals surface area contributed by atoms with Gasteiger partial charge in [0.2, 0.25) is 5.96 Å². The Morgan fingerprint density at radius 1 is 1.44 bits per heavy atom. The topological polar surface area (TPSA) is 70.6 Å². The Bertz CT molecular complexity index is 603. The summed E-state index contributed by atoms with van der Waals surface area (Å²) in [5.74, 6) is 0.201. The van der Waals surface area contributed by atoms with E-state index in [1.165, 1.54) is 6.07 Å². The van der Waals surface area contributed by atoms with Crippen LogP contribution < -0.4 is 10.6 Å². The number of hydrogen-bond acceptors (Lipinski definition) is 5. The maximum Gasteiger partial charge on any atom is 0.297 e. The summed E-state index contributed by atoms with van der Waals surface area (Å²) in [6, 6.07) is 1.43. The maximum absolute atomic E-state index is 13.1. The highest BCUT2D eigenvalue weighted by Crippen LogP contribution is 2.34. The van der Waals surface area contributed by atoms with Crippen molar-refractivity contribution in [3.05, 3.63) is 11.2 Å². The number of fused-ring (bicyclic) bond motifs is 1. The molecule has 2 aliphatic rings. The van der Waals surface area contributed by atoms with Crippen molar-refractivity contribution in [1.29, 1.82) is 0 Å². The molecule has 3 rings (SSSR count). The van der Waals surface area contributed by atoms with E-state index in [1.807, 2.05) is 0 Å². The van der Waals surface area contributed by atoms with Gasteiger partial charge in [-0.3, -0.25) is 0 Å². The van der Waals surface area contributed by atoms with Crippen LogP contribution in [0, 0.1) is 5.13 Å². The zero-order chi connectivity index (χ0) is 12.8. The summed E-state index contributed by atoms with van der Waals surface area (Å²) in [5.41, 5.74) is 0.271. The van der Waals surface area contributed by atoms with Crippen LogP contribution in [0.4, 0.5) is 10.1 Å². The standard InChI is InChI=1S/C10H12FN3O2S2/c11-8-5-7-9(17-8)18(15,16)14-10(13-7)12-6-3-1-2-4-6/h5-6H,1-4H2,(H2,12,13,14). The molecule has 1 aliphatic carbocycles. The molecule has 2 heterocycles. The molecule has 1 aromatic heterocycles. The van der Waals surface area contributed by atoms with Crippen LogP contribution in [0.2, 0.25) is 0 Å². The molecular weight excluding hydrogens is 277 g/mol. The molecule has 0 bridgehead atoms. The highest BCUT2D eigenvalue weighted by atomic mass is 32.2. The number of hydrogen-bond donors (Lipinski definition) is 2. The van der Waals surface area contributed by atoms with Crippen molar-refractivity contribution in [3.63, 3.8) is 0 Å². The summed E-state index contributed by atoms with van der Waals surface area (Å²) in [4.78, 5) is 0. The largest absolute Gasteiger partial charge is 0.352 e. The molecule has 0 radical (unpaired) electrons. The minimum atomic E-state index is -3.77. The van der Waals surface area contributed by atoms with Gasteiger partial charge in [-0.05, 0) is 12.8 Å². The van der Waals surface area contributed by atoms with Crippen LogP contribution in [0.3, 0.4) is 0 Å². The fourth-order valence-electron chi connectivity index (χ4n) is 2.26. The number of sulfonamides is 1. The van der Waals surface area contributed by atoms with Crippen LogP contribution in [0.15, 0.2) is 14.7 Å². The van der Waals surface area contributed by atoms with Crippen LogP contribution in [0.25, 0.3) is 0 Å². The van der Waals surface area contributed by atoms with Crippen LogP contribution in [0.5, 0.6) is 0 Å². The fraction of sp³-hybridized carbons (Fsp3) is 0.500. The maximum atomic E-state index is 13.1. The molecule has 1 fully saturated rings. The van der Waals surface area contributed by atoms with E-state index < -0.39 is 15.2 Å². The molecule has 18 heavy (non-hydrogen) atoms. The summed E-state index contributed by atoms with van der Waals surface area (Å²) >= 11 is 0.590. The molecule has 2 N–H and O–H groups in total. The summed E-state index contributed by atoms with van der Waals surface area (Å²) in [7, 11) is -3.77. The van der Waals surface area contributed by atoms with E-state index in [1.54, 1.807) is 0 Å². The molecule has 0 amide bonds. The smallest absolute Gasteiger partial charge is 0.297 e. The molecule has 0 saturated heterocycles. The van der Waals surface area contributed by atoms with Gasteiger partial charge in [0.15, 0.2) is 9.34 Å². The van der Waals surface area contributed by atoms with Crippen molar-refractivity contribution in [3.8, 4) is 0 Å². The molecule has 8 heteroatoms. The number of anilines is 1. The van der Waals surface area contributed by atoms with E-state index >= 15 is 0 Å². The quantitative estimate of drug-likeness (QED) is 0.828. The number of nitrogens with zero attached hydrogens (tertiary/aromatic N) is 1. The van der Waals surface area contributed by atoms with E-state index in [-0.39, 0.29) is 21.9 Å². The third-order valence-corrected chi connectivity index (χ3v) is 5.77. The zero-order valence-corrected chi connectivity index (χ0v) is 11.1. The Balaban J connectivity index is 1.88. The van der Waals surface area contributed by atoms with Gasteiger partial charge in [-0.15, -0.1) is 4.40 Å². The first-order valence-corrected chi connectivity index (χ1v) is 7.98. The van der Waals surface area contributed by atoms with Gasteiger partial charge in [-0.1, -0.05) is 24.2 Å². The van der Waals surface area contributed by atoms with Gasteiger partial charge in [0.05, 0.1) is 5.69 Å². The van der Waals surface area contributed by atoms with Crippen LogP contribution in [-0.4, -0.2) is 20.4 Å². The average Bonchev–Trinajstić information content (AvgIpc) is 2.86. The minimum absolute atomic E-state index is 0.0584. The lowest BCUT2D eigenvalue weighted by molar-refractivity contribution is 0.597. The molecule has 0 aromatic carbocycles. The summed E-state index contributed by atoms with van der Waals surface area (Å²) in [6.45, 7) is 0. The second-order valence-corrected chi connectivity index (χ2v) is 7.22. The van der Waals surface area contributed by atoms with Gasteiger partial charge in [0.1, 0.15) is 0 Å². The average molecular weight is 289 g/mol. The molecule has 5 nitrogen and oxygen atoms in total. The Kier molecular flexibility index (Phi) is 2.78. The highest BCUT2D eigenvalue weighted by molar-refractivity contribution is 7.92. The van der Waals surface area contributed by atoms with Gasteiger partial charge < -0.3 is 10.6 Å². The monoisotopic (exact) mass is 289 g/mol. The number of nitrogens with one attached hydrogen (secondary N) is 2. The molecule has 98 valence electrons. The first-order chi connectivity index (χ1) is 8.54. The summed E-state index contributed by atoms with van der Waals surface area (Å²) in [6.07, 6.45) is 4.28. The third kappa shape index (κ3) is 2.10. The van der Waals surface area contributed by atoms with Crippen molar-refractivity contribution >= 4 is 33.0 Å². The third-order valence-electron chi connectivity index (χ3n) is 3.06. The number of guanidine groups is 1. The van der Waals surface area contributed by atoms with Crippen LogP contribution >= 0.6 is 11.3 Å². The Morgan fingerprint density at radius 3 is 2.89 bits per heavy atom. The van der Waals surface area contributed by atoms with Crippen LogP contribution in [0.1, 0.15) is 25.7 Å². The van der Waals surface area contributed by atoms with Crippen molar-refractivity contribution in [2.45, 2.75) is 35.9 Å². The van der Waals surface area contributed by atoms with Gasteiger partial charge >= 0.3 is 0 Å². The first-order valence-electron chi connectivity index (χ1n) is 5.72. The molecule has 1 aliphatic heterocycles. The minimum Gasteiger partial charge on any atom is -0.352 e. The van der Waals surface area contributed by atoms with Crippen LogP contribution in [-0.2, 0) is 10.0 Å². The van der Waals surface area contributed by atoms with E-state index in [2.05, 4.69) is 15.0 Å². The van der Waals surface area contributed by atoms with Gasteiger partial charge in [0.25, 0.3) is 10.0 Å². The molecule has 0 unspecified atom stereocenters. The zero-order valence-electron chi connectivity index (χ0n) is 9.44. The Labute approximate surface area is 108 Å². The first kappa shape index (κ1) is 11.9. The molecule has 0 atom stereocenters. The number of thiophene rings is 1. The molecule has 0 spiro atoms. The molecular formula is C10H12FN3O2S2. The second kappa shape index (κ2) is 4.20. The van der Waals surface area contributed by atoms with Crippen molar-refractivity contribution in [2.24, 2.45) is 4.40 Å². The normalized spacial score (nSPS) is 22.2. The van der Waals surface area contributed by atoms with E-state index in [4.69, 9.17) is 0 Å². The lowest BCUT2D eigenvalue weighted by Gasteiger charge is -2.19. The molecule has 1 saturated carbocycles. The second-order valence-electron chi connectivity index (χ2n) is 4.42. The summed E-state index contributed by atoms with van der Waals surface area (Å²) < 4.78 is 40.4.